The minimum Gasteiger partial charge on any atom is -0.385 e. The Labute approximate surface area is 111 Å². The third-order valence-electron chi connectivity index (χ3n) is 2.64. The first-order valence-corrected chi connectivity index (χ1v) is 6.63. The summed E-state index contributed by atoms with van der Waals surface area (Å²) < 4.78 is 19.2. The van der Waals surface area contributed by atoms with E-state index in [0.717, 1.165) is 29.4 Å². The van der Waals surface area contributed by atoms with Gasteiger partial charge in [0, 0.05) is 24.2 Å². The molecular weight excluding hydrogens is 285 g/mol. The summed E-state index contributed by atoms with van der Waals surface area (Å²) in [5, 5.41) is 3.39. The fourth-order valence-electron chi connectivity index (χ4n) is 1.79. The van der Waals surface area contributed by atoms with Crippen molar-refractivity contribution in [2.45, 2.75) is 25.8 Å². The van der Waals surface area contributed by atoms with Gasteiger partial charge < -0.3 is 10.1 Å². The number of halogens is 2. The van der Waals surface area contributed by atoms with Crippen LogP contribution in [0.15, 0.2) is 22.7 Å². The third kappa shape index (κ3) is 5.15. The molecule has 0 aromatic heterocycles. The summed E-state index contributed by atoms with van der Waals surface area (Å²) in [6, 6.07) is 5.12. The van der Waals surface area contributed by atoms with Crippen LogP contribution in [0.1, 0.15) is 18.9 Å². The second-order valence-corrected chi connectivity index (χ2v) is 4.83. The maximum Gasteiger partial charge on any atom is 0.123 e. The van der Waals surface area contributed by atoms with Crippen LogP contribution < -0.4 is 5.32 Å². The number of hydrogen-bond donors (Lipinski definition) is 1. The molecule has 0 fully saturated rings. The van der Waals surface area contributed by atoms with Crippen LogP contribution in [0.2, 0.25) is 0 Å². The molecule has 1 aromatic carbocycles. The van der Waals surface area contributed by atoms with Crippen LogP contribution in [0.4, 0.5) is 4.39 Å². The van der Waals surface area contributed by atoms with Crippen molar-refractivity contribution in [3.8, 4) is 0 Å². The zero-order chi connectivity index (χ0) is 12.7. The number of nitrogens with one attached hydrogen (secondary N) is 1. The first kappa shape index (κ1) is 14.6. The van der Waals surface area contributed by atoms with Crippen LogP contribution in [0.3, 0.4) is 0 Å². The molecule has 0 aliphatic carbocycles. The summed E-state index contributed by atoms with van der Waals surface area (Å²) in [6.45, 7) is 3.69. The van der Waals surface area contributed by atoms with Gasteiger partial charge in [0.05, 0.1) is 0 Å². The van der Waals surface area contributed by atoms with Crippen molar-refractivity contribution in [2.75, 3.05) is 20.3 Å². The SMILES string of the molecule is CCNC(CCOC)Cc1cc(F)ccc1Br. The Morgan fingerprint density at radius 3 is 2.88 bits per heavy atom. The molecule has 1 atom stereocenters. The molecule has 2 nitrogen and oxygen atoms in total. The molecule has 4 heteroatoms. The highest BCUT2D eigenvalue weighted by Gasteiger charge is 2.11. The molecule has 0 aliphatic rings. The number of likely N-dealkylation sites (N-methyl/N-ethyl adjacent to an activating group) is 1. The summed E-state index contributed by atoms with van der Waals surface area (Å²) in [7, 11) is 1.70. The average Bonchev–Trinajstić information content (AvgIpc) is 2.31. The van der Waals surface area contributed by atoms with E-state index in [1.807, 2.05) is 0 Å². The van der Waals surface area contributed by atoms with Gasteiger partial charge >= 0.3 is 0 Å². The topological polar surface area (TPSA) is 21.3 Å². The van der Waals surface area contributed by atoms with E-state index in [9.17, 15) is 4.39 Å². The summed E-state index contributed by atoms with van der Waals surface area (Å²) in [6.07, 6.45) is 1.73. The van der Waals surface area contributed by atoms with Gasteiger partial charge in [0.25, 0.3) is 0 Å². The number of rotatable bonds is 7. The van der Waals surface area contributed by atoms with E-state index >= 15 is 0 Å². The maximum absolute atomic E-state index is 13.2. The maximum atomic E-state index is 13.2. The fraction of sp³-hybridized carbons (Fsp3) is 0.538. The minimum absolute atomic E-state index is 0.190. The summed E-state index contributed by atoms with van der Waals surface area (Å²) in [4.78, 5) is 0. The molecule has 0 spiro atoms. The van der Waals surface area contributed by atoms with Crippen LogP contribution in [-0.4, -0.2) is 26.3 Å². The Morgan fingerprint density at radius 1 is 1.47 bits per heavy atom. The number of benzene rings is 1. The van der Waals surface area contributed by atoms with E-state index in [2.05, 4.69) is 28.2 Å². The lowest BCUT2D eigenvalue weighted by Gasteiger charge is -2.18. The van der Waals surface area contributed by atoms with Crippen molar-refractivity contribution < 1.29 is 9.13 Å². The summed E-state index contributed by atoms with van der Waals surface area (Å²) >= 11 is 3.45. The van der Waals surface area contributed by atoms with Crippen molar-refractivity contribution in [1.29, 1.82) is 0 Å². The predicted octanol–water partition coefficient (Wildman–Crippen LogP) is 3.15. The molecule has 0 bridgehead atoms. The van der Waals surface area contributed by atoms with E-state index in [-0.39, 0.29) is 5.82 Å². The number of ether oxygens (including phenoxy) is 1. The molecule has 0 aliphatic heterocycles. The molecular formula is C13H19BrFNO. The minimum atomic E-state index is -0.190. The predicted molar refractivity (Wildman–Crippen MR) is 71.8 cm³/mol. The quantitative estimate of drug-likeness (QED) is 0.835. The Bertz CT molecular complexity index is 346. The van der Waals surface area contributed by atoms with Gasteiger partial charge in [-0.05, 0) is 43.1 Å². The molecule has 1 aromatic rings. The molecule has 0 amide bonds. The van der Waals surface area contributed by atoms with Crippen molar-refractivity contribution in [3.05, 3.63) is 34.1 Å². The second-order valence-electron chi connectivity index (χ2n) is 3.98. The number of hydrogen-bond acceptors (Lipinski definition) is 2. The Morgan fingerprint density at radius 2 is 2.24 bits per heavy atom. The summed E-state index contributed by atoms with van der Waals surface area (Å²) in [5.41, 5.74) is 0.993. The van der Waals surface area contributed by atoms with E-state index in [4.69, 9.17) is 4.74 Å². The Hall–Kier alpha value is -0.450. The van der Waals surface area contributed by atoms with Crippen molar-refractivity contribution in [2.24, 2.45) is 0 Å². The monoisotopic (exact) mass is 303 g/mol. The van der Waals surface area contributed by atoms with Crippen molar-refractivity contribution in [1.82, 2.24) is 5.32 Å². The van der Waals surface area contributed by atoms with E-state index in [1.165, 1.54) is 6.07 Å². The van der Waals surface area contributed by atoms with Gasteiger partial charge in [0.1, 0.15) is 5.82 Å². The van der Waals surface area contributed by atoms with Crippen LogP contribution in [0.25, 0.3) is 0 Å². The molecule has 17 heavy (non-hydrogen) atoms. The first-order valence-electron chi connectivity index (χ1n) is 5.83. The molecule has 0 saturated carbocycles. The van der Waals surface area contributed by atoms with Gasteiger partial charge in [-0.15, -0.1) is 0 Å². The van der Waals surface area contributed by atoms with Crippen LogP contribution in [-0.2, 0) is 11.2 Å². The molecule has 0 radical (unpaired) electrons. The molecule has 1 N–H and O–H groups in total. The van der Waals surface area contributed by atoms with Crippen molar-refractivity contribution >= 4 is 15.9 Å². The first-order chi connectivity index (χ1) is 8.17. The highest BCUT2D eigenvalue weighted by atomic mass is 79.9. The lowest BCUT2D eigenvalue weighted by Crippen LogP contribution is -2.32. The highest BCUT2D eigenvalue weighted by molar-refractivity contribution is 9.10. The third-order valence-corrected chi connectivity index (χ3v) is 3.41. The lowest BCUT2D eigenvalue weighted by molar-refractivity contribution is 0.183. The standard InChI is InChI=1S/C13H19BrFNO/c1-3-16-12(6-7-17-2)9-10-8-11(15)4-5-13(10)14/h4-5,8,12,16H,3,6-7,9H2,1-2H3. The molecule has 96 valence electrons. The highest BCUT2D eigenvalue weighted by Crippen LogP contribution is 2.20. The Kier molecular flexibility index (Phi) is 6.70. The van der Waals surface area contributed by atoms with Crippen LogP contribution >= 0.6 is 15.9 Å². The van der Waals surface area contributed by atoms with E-state index in [0.29, 0.717) is 12.6 Å². The molecule has 1 unspecified atom stereocenters. The summed E-state index contributed by atoms with van der Waals surface area (Å²) in [5.74, 6) is -0.190. The van der Waals surface area contributed by atoms with Crippen molar-refractivity contribution in [3.63, 3.8) is 0 Å². The zero-order valence-corrected chi connectivity index (χ0v) is 11.9. The van der Waals surface area contributed by atoms with Crippen LogP contribution in [0.5, 0.6) is 0 Å². The van der Waals surface area contributed by atoms with E-state index in [1.54, 1.807) is 19.2 Å². The van der Waals surface area contributed by atoms with Crippen LogP contribution in [0, 0.1) is 5.82 Å². The molecule has 0 heterocycles. The second kappa shape index (κ2) is 7.80. The van der Waals surface area contributed by atoms with Gasteiger partial charge in [-0.1, -0.05) is 22.9 Å². The van der Waals surface area contributed by atoms with Gasteiger partial charge in [0.2, 0.25) is 0 Å². The smallest absolute Gasteiger partial charge is 0.123 e. The lowest BCUT2D eigenvalue weighted by atomic mass is 10.0. The number of methoxy groups -OCH3 is 1. The van der Waals surface area contributed by atoms with Gasteiger partial charge in [-0.25, -0.2) is 4.39 Å². The van der Waals surface area contributed by atoms with Gasteiger partial charge in [0.15, 0.2) is 0 Å². The van der Waals surface area contributed by atoms with Gasteiger partial charge in [-0.3, -0.25) is 0 Å². The fourth-order valence-corrected chi connectivity index (χ4v) is 2.20. The molecule has 1 rings (SSSR count). The van der Waals surface area contributed by atoms with Gasteiger partial charge in [-0.2, -0.15) is 0 Å². The zero-order valence-electron chi connectivity index (χ0n) is 10.3. The average molecular weight is 304 g/mol. The molecule has 0 saturated heterocycles. The normalized spacial score (nSPS) is 12.7. The Balaban J connectivity index is 2.67. The van der Waals surface area contributed by atoms with E-state index < -0.39 is 0 Å². The largest absolute Gasteiger partial charge is 0.385 e.